The molecule has 8 fully saturated rings. The lowest BCUT2D eigenvalue weighted by Crippen LogP contribution is -2.68. The van der Waals surface area contributed by atoms with Gasteiger partial charge in [-0.1, -0.05) is 46.3 Å². The molecule has 29 atom stereocenters. The summed E-state index contributed by atoms with van der Waals surface area (Å²) in [5.74, 6) is -0.395. The van der Waals surface area contributed by atoms with E-state index in [1.165, 1.54) is 0 Å². The van der Waals surface area contributed by atoms with Crippen LogP contribution in [0.2, 0.25) is 0 Å². The fourth-order valence-electron chi connectivity index (χ4n) is 16.0. The zero-order chi connectivity index (χ0) is 55.1. The maximum Gasteiger partial charge on any atom is 0.187 e. The molecule has 4 saturated carbocycles. The zero-order valence-corrected chi connectivity index (χ0v) is 44.7. The Morgan fingerprint density at radius 3 is 1.80 bits per heavy atom. The lowest BCUT2D eigenvalue weighted by Gasteiger charge is -2.71. The van der Waals surface area contributed by atoms with Crippen molar-refractivity contribution in [1.29, 1.82) is 0 Å². The Hall–Kier alpha value is -1.14. The Kier molecular flexibility index (Phi) is 18.1. The Bertz CT molecular complexity index is 1940. The van der Waals surface area contributed by atoms with Crippen LogP contribution >= 0.6 is 0 Å². The lowest BCUT2D eigenvalue weighted by molar-refractivity contribution is -0.378. The van der Waals surface area contributed by atoms with E-state index in [1.54, 1.807) is 0 Å². The quantitative estimate of drug-likeness (QED) is 0.0651. The van der Waals surface area contributed by atoms with Gasteiger partial charge in [0, 0.05) is 0 Å². The van der Waals surface area contributed by atoms with E-state index in [-0.39, 0.29) is 41.1 Å². The molecule has 75 heavy (non-hydrogen) atoms. The monoisotopic (exact) mass is 1080 g/mol. The SMILES string of the molecule is CC(C)=CCC[C@](C)(O[C@@H]1O[C@H](CO[C@@H]2OC[C@H](O)[C@H](O)[C@H]2O)[C@@H](O)[C@H](O)[C@H]1O)[C@H]1CC[C@]2(C)C1[C@H](O)C[C@@H]1[C@@]3(C)CC[C@H](O[C@@H]4O[C@H](CO)[C@@H](O)[C@H](O)[C@H]4O[C@@H]4O[C@H](CO)[C@@H](O)[C@H](O)[C@H]4O)C(C)(C)[C@@H]3CC[C@]12C. The molecule has 0 spiro atoms. The average Bonchev–Trinajstić information content (AvgIpc) is 3.75. The summed E-state index contributed by atoms with van der Waals surface area (Å²) in [6.45, 7) is 15.1. The van der Waals surface area contributed by atoms with Gasteiger partial charge >= 0.3 is 0 Å². The first-order chi connectivity index (χ1) is 35.1. The maximum atomic E-state index is 12.8. The first-order valence-electron chi connectivity index (χ1n) is 27.3. The highest BCUT2D eigenvalue weighted by Crippen LogP contribution is 2.76. The second-order valence-corrected chi connectivity index (χ2v) is 25.3. The van der Waals surface area contributed by atoms with Gasteiger partial charge in [0.2, 0.25) is 0 Å². The fourth-order valence-corrected chi connectivity index (χ4v) is 16.0. The predicted molar refractivity (Wildman–Crippen MR) is 260 cm³/mol. The summed E-state index contributed by atoms with van der Waals surface area (Å²) in [4.78, 5) is 0. The van der Waals surface area contributed by atoms with Crippen LogP contribution in [0.4, 0.5) is 0 Å². The highest BCUT2D eigenvalue weighted by Gasteiger charge is 2.72. The van der Waals surface area contributed by atoms with Gasteiger partial charge < -0.3 is 109 Å². The van der Waals surface area contributed by atoms with Gasteiger partial charge in [-0.25, -0.2) is 0 Å². The molecule has 1 unspecified atom stereocenters. The van der Waals surface area contributed by atoms with Crippen molar-refractivity contribution in [3.05, 3.63) is 11.6 Å². The molecule has 0 aromatic rings. The largest absolute Gasteiger partial charge is 0.394 e. The molecule has 22 nitrogen and oxygen atoms in total. The van der Waals surface area contributed by atoms with Crippen LogP contribution in [0.5, 0.6) is 0 Å². The van der Waals surface area contributed by atoms with Crippen molar-refractivity contribution in [1.82, 2.24) is 0 Å². The minimum absolute atomic E-state index is 0.0508. The maximum absolute atomic E-state index is 12.8. The third-order valence-electron chi connectivity index (χ3n) is 20.5. The normalized spacial score (nSPS) is 52.7. The molecule has 8 rings (SSSR count). The summed E-state index contributed by atoms with van der Waals surface area (Å²) >= 11 is 0. The van der Waals surface area contributed by atoms with Crippen LogP contribution in [0.3, 0.4) is 0 Å². The van der Waals surface area contributed by atoms with Gasteiger partial charge in [-0.2, -0.15) is 0 Å². The molecular formula is C53H90O22. The van der Waals surface area contributed by atoms with Crippen LogP contribution in [0.15, 0.2) is 11.6 Å². The van der Waals surface area contributed by atoms with E-state index in [0.717, 1.165) is 24.8 Å². The summed E-state index contributed by atoms with van der Waals surface area (Å²) in [5, 5.41) is 151. The van der Waals surface area contributed by atoms with E-state index in [0.29, 0.717) is 38.5 Å². The molecule has 0 amide bonds. The van der Waals surface area contributed by atoms with Crippen molar-refractivity contribution in [3.8, 4) is 0 Å². The summed E-state index contributed by atoms with van der Waals surface area (Å²) < 4.78 is 48.8. The molecule has 0 bridgehead atoms. The van der Waals surface area contributed by atoms with E-state index in [4.69, 9.17) is 37.9 Å². The standard InChI is InChI=1S/C53H90O22/c1-23(2)10-9-14-53(8,75-47-43(67)39(63)37(61)29(72-47)22-69-45-41(65)34(58)26(57)21-68-45)24-11-16-52(7)33(24)25(56)18-31-50(5)15-13-32(49(3,4)30(50)12-17-51(31,52)6)73-48-44(40(64)36(60)28(20-55)71-48)74-46-42(66)38(62)35(59)27(19-54)70-46/h10,24-48,54-67H,9,11-22H2,1-8H3/t24-,25+,26-,27+,28+,29+,30-,31+,32-,33?,34-,35+,36+,37+,38-,39-,40-,41+,42+,43+,44+,45-,46-,47-,48-,50-,51+,52+,53-/m0/s1. The van der Waals surface area contributed by atoms with Crippen molar-refractivity contribution in [2.75, 3.05) is 26.4 Å². The average molecular weight is 1080 g/mol. The van der Waals surface area contributed by atoms with E-state index in [9.17, 15) is 71.5 Å². The number of allylic oxidation sites excluding steroid dienone is 2. The third kappa shape index (κ3) is 10.6. The van der Waals surface area contributed by atoms with Crippen LogP contribution in [0, 0.1) is 45.3 Å². The van der Waals surface area contributed by atoms with Crippen molar-refractivity contribution >= 4 is 0 Å². The molecule has 4 aliphatic heterocycles. The van der Waals surface area contributed by atoms with Crippen LogP contribution in [0.25, 0.3) is 0 Å². The van der Waals surface area contributed by atoms with Crippen LogP contribution in [-0.4, -0.2) is 232 Å². The van der Waals surface area contributed by atoms with Gasteiger partial charge in [-0.3, -0.25) is 0 Å². The second kappa shape index (κ2) is 22.7. The van der Waals surface area contributed by atoms with Crippen molar-refractivity contribution < 1.29 is 109 Å². The van der Waals surface area contributed by atoms with E-state index in [2.05, 4.69) is 40.7 Å². The first kappa shape index (κ1) is 60.0. The number of ether oxygens (including phenoxy) is 8. The topological polar surface area (TPSA) is 357 Å². The fraction of sp³-hybridized carbons (Fsp3) is 0.962. The molecule has 434 valence electrons. The number of rotatable bonds is 15. The number of hydrogen-bond acceptors (Lipinski definition) is 22. The van der Waals surface area contributed by atoms with Gasteiger partial charge in [0.05, 0.1) is 44.2 Å². The van der Waals surface area contributed by atoms with Gasteiger partial charge in [-0.05, 0) is 124 Å². The first-order valence-corrected chi connectivity index (χ1v) is 27.3. The van der Waals surface area contributed by atoms with Crippen LogP contribution < -0.4 is 0 Å². The van der Waals surface area contributed by atoms with Gasteiger partial charge in [0.25, 0.3) is 0 Å². The molecule has 8 aliphatic rings. The van der Waals surface area contributed by atoms with Crippen molar-refractivity contribution in [3.63, 3.8) is 0 Å². The molecule has 0 aromatic heterocycles. The molecule has 4 aliphatic carbocycles. The summed E-state index contributed by atoms with van der Waals surface area (Å²) in [7, 11) is 0. The Balaban J connectivity index is 1.01. The predicted octanol–water partition coefficient (Wildman–Crippen LogP) is -1.56. The molecule has 4 saturated heterocycles. The highest BCUT2D eigenvalue weighted by atomic mass is 16.8. The third-order valence-corrected chi connectivity index (χ3v) is 20.5. The van der Waals surface area contributed by atoms with E-state index < -0.39 is 165 Å². The molecule has 4 heterocycles. The highest BCUT2D eigenvalue weighted by molar-refractivity contribution is 5.20. The summed E-state index contributed by atoms with van der Waals surface area (Å²) in [5.41, 5.74) is -1.48. The Labute approximate surface area is 439 Å². The van der Waals surface area contributed by atoms with E-state index in [1.807, 2.05) is 20.8 Å². The minimum atomic E-state index is -1.81. The molecule has 0 aromatic carbocycles. The number of aliphatic hydroxyl groups excluding tert-OH is 14. The second-order valence-electron chi connectivity index (χ2n) is 25.3. The van der Waals surface area contributed by atoms with Gasteiger partial charge in [0.1, 0.15) is 91.6 Å². The van der Waals surface area contributed by atoms with Crippen molar-refractivity contribution in [2.24, 2.45) is 45.3 Å². The van der Waals surface area contributed by atoms with Crippen molar-refractivity contribution in [2.45, 2.75) is 248 Å². The number of aliphatic hydroxyl groups is 14. The smallest absolute Gasteiger partial charge is 0.187 e. The van der Waals surface area contributed by atoms with Crippen LogP contribution in [0.1, 0.15) is 113 Å². The van der Waals surface area contributed by atoms with E-state index >= 15 is 0 Å². The summed E-state index contributed by atoms with van der Waals surface area (Å²) in [6, 6.07) is 0. The van der Waals surface area contributed by atoms with Crippen LogP contribution in [-0.2, 0) is 37.9 Å². The lowest BCUT2D eigenvalue weighted by atomic mass is 9.35. The Morgan fingerprint density at radius 2 is 1.16 bits per heavy atom. The number of fused-ring (bicyclic) bond motifs is 5. The molecule has 14 N–H and O–H groups in total. The number of hydrogen-bond donors (Lipinski definition) is 14. The van der Waals surface area contributed by atoms with Gasteiger partial charge in [-0.15, -0.1) is 0 Å². The molecule has 0 radical (unpaired) electrons. The van der Waals surface area contributed by atoms with Gasteiger partial charge in [0.15, 0.2) is 25.2 Å². The minimum Gasteiger partial charge on any atom is -0.394 e. The molecular weight excluding hydrogens is 989 g/mol. The summed E-state index contributed by atoms with van der Waals surface area (Å²) in [6.07, 6.45) is -22.6. The Morgan fingerprint density at radius 1 is 0.587 bits per heavy atom. The zero-order valence-electron chi connectivity index (χ0n) is 44.7. The molecule has 22 heteroatoms.